The van der Waals surface area contributed by atoms with Crippen molar-refractivity contribution in [2.45, 2.75) is 58.4 Å². The minimum atomic E-state index is -0.125. The Morgan fingerprint density at radius 3 is 2.71 bits per heavy atom. The third-order valence-electron chi connectivity index (χ3n) is 3.67. The van der Waals surface area contributed by atoms with Gasteiger partial charge in [-0.25, -0.2) is 0 Å². The van der Waals surface area contributed by atoms with Crippen molar-refractivity contribution >= 4 is 0 Å². The lowest BCUT2D eigenvalue weighted by Crippen LogP contribution is -2.50. The van der Waals surface area contributed by atoms with E-state index in [4.69, 9.17) is 10.5 Å². The van der Waals surface area contributed by atoms with E-state index < -0.39 is 0 Å². The van der Waals surface area contributed by atoms with E-state index in [2.05, 4.69) is 26.1 Å². The van der Waals surface area contributed by atoms with E-state index in [1.54, 1.807) is 0 Å². The maximum atomic E-state index is 6.22. The Bertz CT molecular complexity index is 210. The molecule has 0 radical (unpaired) electrons. The Balaban J connectivity index is 2.15. The molecule has 1 aliphatic heterocycles. The molecule has 1 atom stereocenters. The van der Waals surface area contributed by atoms with Gasteiger partial charge in [-0.2, -0.15) is 0 Å². The molecule has 1 aliphatic rings. The normalized spacial score (nSPS) is 25.4. The highest BCUT2D eigenvalue weighted by molar-refractivity contribution is 4.90. The first kappa shape index (κ1) is 14.9. The fourth-order valence-electron chi connectivity index (χ4n) is 2.35. The number of ether oxygens (including phenoxy) is 1. The van der Waals surface area contributed by atoms with Crippen LogP contribution in [0.3, 0.4) is 0 Å². The van der Waals surface area contributed by atoms with Crippen molar-refractivity contribution in [2.24, 2.45) is 11.1 Å². The van der Waals surface area contributed by atoms with Crippen LogP contribution in [0.5, 0.6) is 0 Å². The third kappa shape index (κ3) is 5.84. The number of nitrogens with two attached hydrogens (primary N) is 1. The number of unbranched alkanes of at least 4 members (excludes halogenated alkanes) is 2. The van der Waals surface area contributed by atoms with E-state index in [0.717, 1.165) is 26.1 Å². The average molecular weight is 242 g/mol. The molecule has 102 valence electrons. The van der Waals surface area contributed by atoms with Gasteiger partial charge in [-0.05, 0) is 18.3 Å². The zero-order valence-corrected chi connectivity index (χ0v) is 11.8. The molecule has 0 amide bonds. The van der Waals surface area contributed by atoms with E-state index in [1.165, 1.54) is 25.7 Å². The van der Waals surface area contributed by atoms with Crippen LogP contribution >= 0.6 is 0 Å². The van der Waals surface area contributed by atoms with E-state index in [-0.39, 0.29) is 5.54 Å². The summed E-state index contributed by atoms with van der Waals surface area (Å²) in [5.41, 5.74) is 6.48. The van der Waals surface area contributed by atoms with Gasteiger partial charge in [0.05, 0.1) is 12.1 Å². The molecule has 0 bridgehead atoms. The van der Waals surface area contributed by atoms with Gasteiger partial charge in [0, 0.05) is 19.7 Å². The minimum absolute atomic E-state index is 0.125. The Morgan fingerprint density at radius 2 is 2.12 bits per heavy atom. The van der Waals surface area contributed by atoms with Crippen LogP contribution in [-0.4, -0.2) is 31.8 Å². The third-order valence-corrected chi connectivity index (χ3v) is 3.67. The minimum Gasteiger partial charge on any atom is -0.379 e. The fraction of sp³-hybridized carbons (Fsp3) is 1.00. The van der Waals surface area contributed by atoms with Gasteiger partial charge in [-0.3, -0.25) is 0 Å². The van der Waals surface area contributed by atoms with Crippen molar-refractivity contribution in [1.82, 2.24) is 5.32 Å². The molecule has 0 aromatic carbocycles. The van der Waals surface area contributed by atoms with E-state index in [1.807, 2.05) is 0 Å². The van der Waals surface area contributed by atoms with Crippen LogP contribution in [0.1, 0.15) is 52.9 Å². The second kappa shape index (κ2) is 6.72. The zero-order chi connectivity index (χ0) is 12.8. The van der Waals surface area contributed by atoms with Gasteiger partial charge < -0.3 is 15.8 Å². The summed E-state index contributed by atoms with van der Waals surface area (Å²) >= 11 is 0. The first-order valence-electron chi connectivity index (χ1n) is 7.05. The molecule has 1 rings (SSSR count). The Kier molecular flexibility index (Phi) is 5.90. The van der Waals surface area contributed by atoms with Crippen molar-refractivity contribution in [2.75, 3.05) is 26.3 Å². The SMILES string of the molecule is CCCCCC(C)(C)CNCC1(N)CCOC1. The molecule has 17 heavy (non-hydrogen) atoms. The first-order valence-corrected chi connectivity index (χ1v) is 7.05. The van der Waals surface area contributed by atoms with Crippen LogP contribution in [-0.2, 0) is 4.74 Å². The molecule has 1 fully saturated rings. The number of hydrogen-bond donors (Lipinski definition) is 2. The van der Waals surface area contributed by atoms with Crippen LogP contribution in [0, 0.1) is 5.41 Å². The summed E-state index contributed by atoms with van der Waals surface area (Å²) < 4.78 is 5.36. The average Bonchev–Trinajstić information content (AvgIpc) is 2.65. The topological polar surface area (TPSA) is 47.3 Å². The second-order valence-corrected chi connectivity index (χ2v) is 6.39. The molecular formula is C14H30N2O. The fourth-order valence-corrected chi connectivity index (χ4v) is 2.35. The Morgan fingerprint density at radius 1 is 1.35 bits per heavy atom. The summed E-state index contributed by atoms with van der Waals surface area (Å²) in [5.74, 6) is 0. The van der Waals surface area contributed by atoms with E-state index in [9.17, 15) is 0 Å². The molecule has 1 saturated heterocycles. The van der Waals surface area contributed by atoms with Gasteiger partial charge in [0.1, 0.15) is 0 Å². The lowest BCUT2D eigenvalue weighted by Gasteiger charge is -2.28. The highest BCUT2D eigenvalue weighted by atomic mass is 16.5. The van der Waals surface area contributed by atoms with Gasteiger partial charge in [-0.1, -0.05) is 40.0 Å². The van der Waals surface area contributed by atoms with Crippen molar-refractivity contribution in [3.63, 3.8) is 0 Å². The number of hydrogen-bond acceptors (Lipinski definition) is 3. The summed E-state index contributed by atoms with van der Waals surface area (Å²) in [7, 11) is 0. The number of rotatable bonds is 8. The molecular weight excluding hydrogens is 212 g/mol. The molecule has 3 heteroatoms. The summed E-state index contributed by atoms with van der Waals surface area (Å²) in [6, 6.07) is 0. The molecule has 3 N–H and O–H groups in total. The first-order chi connectivity index (χ1) is 7.97. The van der Waals surface area contributed by atoms with Crippen LogP contribution in [0.2, 0.25) is 0 Å². The summed E-state index contributed by atoms with van der Waals surface area (Å²) in [5, 5.41) is 3.53. The maximum absolute atomic E-state index is 6.22. The monoisotopic (exact) mass is 242 g/mol. The van der Waals surface area contributed by atoms with E-state index in [0.29, 0.717) is 12.0 Å². The quantitative estimate of drug-likeness (QED) is 0.642. The molecule has 1 heterocycles. The van der Waals surface area contributed by atoms with Crippen molar-refractivity contribution in [3.05, 3.63) is 0 Å². The standard InChI is InChI=1S/C14H30N2O/c1-4-5-6-7-13(2,3)10-16-11-14(15)8-9-17-12-14/h16H,4-12,15H2,1-3H3. The van der Waals surface area contributed by atoms with Gasteiger partial charge in [0.25, 0.3) is 0 Å². The van der Waals surface area contributed by atoms with Gasteiger partial charge >= 0.3 is 0 Å². The zero-order valence-electron chi connectivity index (χ0n) is 11.8. The number of nitrogens with one attached hydrogen (secondary N) is 1. The molecule has 0 aromatic rings. The predicted octanol–water partition coefficient (Wildman–Crippen LogP) is 2.30. The summed E-state index contributed by atoms with van der Waals surface area (Å²) in [4.78, 5) is 0. The maximum Gasteiger partial charge on any atom is 0.0659 e. The van der Waals surface area contributed by atoms with Crippen molar-refractivity contribution in [3.8, 4) is 0 Å². The molecule has 1 unspecified atom stereocenters. The van der Waals surface area contributed by atoms with Crippen LogP contribution < -0.4 is 11.1 Å². The van der Waals surface area contributed by atoms with Crippen LogP contribution in [0.4, 0.5) is 0 Å². The lowest BCUT2D eigenvalue weighted by atomic mass is 9.86. The molecule has 0 aromatic heterocycles. The van der Waals surface area contributed by atoms with Crippen molar-refractivity contribution in [1.29, 1.82) is 0 Å². The molecule has 3 nitrogen and oxygen atoms in total. The van der Waals surface area contributed by atoms with Crippen LogP contribution in [0.15, 0.2) is 0 Å². The predicted molar refractivity (Wildman–Crippen MR) is 73.1 cm³/mol. The lowest BCUT2D eigenvalue weighted by molar-refractivity contribution is 0.175. The van der Waals surface area contributed by atoms with Gasteiger partial charge in [0.2, 0.25) is 0 Å². The summed E-state index contributed by atoms with van der Waals surface area (Å²) in [6.07, 6.45) is 6.26. The van der Waals surface area contributed by atoms with E-state index >= 15 is 0 Å². The highest BCUT2D eigenvalue weighted by Crippen LogP contribution is 2.23. The Hall–Kier alpha value is -0.120. The Labute approximate surface area is 106 Å². The van der Waals surface area contributed by atoms with Crippen molar-refractivity contribution < 1.29 is 4.74 Å². The smallest absolute Gasteiger partial charge is 0.0659 e. The molecule has 0 aliphatic carbocycles. The second-order valence-electron chi connectivity index (χ2n) is 6.39. The van der Waals surface area contributed by atoms with Gasteiger partial charge in [0.15, 0.2) is 0 Å². The molecule has 0 saturated carbocycles. The summed E-state index contributed by atoms with van der Waals surface area (Å²) in [6.45, 7) is 10.4. The highest BCUT2D eigenvalue weighted by Gasteiger charge is 2.30. The van der Waals surface area contributed by atoms with Gasteiger partial charge in [-0.15, -0.1) is 0 Å². The van der Waals surface area contributed by atoms with Crippen LogP contribution in [0.25, 0.3) is 0 Å². The molecule has 0 spiro atoms. The largest absolute Gasteiger partial charge is 0.379 e.